The monoisotopic (exact) mass is 420 g/mol. The molecule has 1 aromatic carbocycles. The van der Waals surface area contributed by atoms with Gasteiger partial charge in [-0.2, -0.15) is 5.26 Å². The van der Waals surface area contributed by atoms with Crippen molar-refractivity contribution in [3.63, 3.8) is 0 Å². The third-order valence-corrected chi connectivity index (χ3v) is 5.32. The number of pyridine rings is 2. The van der Waals surface area contributed by atoms with Crippen LogP contribution >= 0.6 is 0 Å². The van der Waals surface area contributed by atoms with Crippen molar-refractivity contribution in [3.8, 4) is 6.07 Å². The van der Waals surface area contributed by atoms with Gasteiger partial charge in [0.2, 0.25) is 0 Å². The maximum absolute atomic E-state index is 14.7. The molecule has 0 unspecified atom stereocenters. The van der Waals surface area contributed by atoms with Crippen molar-refractivity contribution < 1.29 is 14.3 Å². The van der Waals surface area contributed by atoms with Crippen LogP contribution in [0.5, 0.6) is 0 Å². The minimum Gasteiger partial charge on any atom is -0.465 e. The quantitative estimate of drug-likeness (QED) is 0.451. The van der Waals surface area contributed by atoms with Crippen LogP contribution in [0.1, 0.15) is 25.3 Å². The van der Waals surface area contributed by atoms with Gasteiger partial charge in [-0.1, -0.05) is 6.07 Å². The normalized spacial score (nSPS) is 15.0. The summed E-state index contributed by atoms with van der Waals surface area (Å²) >= 11 is 0. The number of amides is 1. The Bertz CT molecular complexity index is 1170. The maximum Gasteiger partial charge on any atom is 0.404 e. The second kappa shape index (κ2) is 8.44. The molecule has 1 aliphatic carbocycles. The Morgan fingerprint density at radius 2 is 2.10 bits per heavy atom. The van der Waals surface area contributed by atoms with Gasteiger partial charge in [0.25, 0.3) is 0 Å². The number of aromatic nitrogens is 2. The standard InChI is InChI=1S/C22H21FN6O2/c1-12(26-22(30)31)19(13-7-8-13)28-21-16(23)10-14(11-24)20(29-21)27-18-6-2-5-17-15(18)4-3-9-25-17/h2-6,9-10,12-13,19,26H,7-8H2,1H3,(H,30,31)(H2,27,28,29)/t12-,19-/m0/s1. The number of nitrogens with zero attached hydrogens (tertiary/aromatic N) is 3. The molecule has 2 heterocycles. The fraction of sp³-hybridized carbons (Fsp3) is 0.273. The van der Waals surface area contributed by atoms with Crippen LogP contribution in [0.25, 0.3) is 10.9 Å². The van der Waals surface area contributed by atoms with Crippen LogP contribution in [0, 0.1) is 23.1 Å². The summed E-state index contributed by atoms with van der Waals surface area (Å²) in [6, 6.07) is 11.6. The molecule has 0 aliphatic heterocycles. The second-order valence-electron chi connectivity index (χ2n) is 7.57. The molecule has 8 nitrogen and oxygen atoms in total. The van der Waals surface area contributed by atoms with Crippen LogP contribution < -0.4 is 16.0 Å². The van der Waals surface area contributed by atoms with E-state index in [1.807, 2.05) is 30.3 Å². The zero-order valence-corrected chi connectivity index (χ0v) is 16.8. The van der Waals surface area contributed by atoms with Crippen LogP contribution in [0.4, 0.5) is 26.5 Å². The molecule has 1 fully saturated rings. The number of carbonyl (C=O) groups is 1. The van der Waals surface area contributed by atoms with E-state index in [1.54, 1.807) is 19.2 Å². The summed E-state index contributed by atoms with van der Waals surface area (Å²) in [7, 11) is 0. The number of hydrogen-bond acceptors (Lipinski definition) is 6. The van der Waals surface area contributed by atoms with E-state index in [2.05, 4.69) is 25.9 Å². The Kier molecular flexibility index (Phi) is 5.54. The molecule has 158 valence electrons. The highest BCUT2D eigenvalue weighted by molar-refractivity contribution is 5.93. The summed E-state index contributed by atoms with van der Waals surface area (Å²) in [6.07, 6.45) is 2.40. The predicted octanol–water partition coefficient (Wildman–Crippen LogP) is 4.23. The lowest BCUT2D eigenvalue weighted by Gasteiger charge is -2.26. The Balaban J connectivity index is 1.67. The Hall–Kier alpha value is -3.93. The lowest BCUT2D eigenvalue weighted by atomic mass is 10.0. The maximum atomic E-state index is 14.7. The first-order chi connectivity index (χ1) is 15.0. The van der Waals surface area contributed by atoms with Crippen molar-refractivity contribution in [2.45, 2.75) is 31.8 Å². The van der Waals surface area contributed by atoms with Crippen molar-refractivity contribution in [1.29, 1.82) is 5.26 Å². The summed E-state index contributed by atoms with van der Waals surface area (Å²) in [5, 5.41) is 28.0. The molecule has 4 N–H and O–H groups in total. The number of fused-ring (bicyclic) bond motifs is 1. The summed E-state index contributed by atoms with van der Waals surface area (Å²) in [5.74, 6) is -0.277. The van der Waals surface area contributed by atoms with Gasteiger partial charge >= 0.3 is 6.09 Å². The molecule has 2 aromatic heterocycles. The van der Waals surface area contributed by atoms with Gasteiger partial charge in [0.05, 0.1) is 17.1 Å². The van der Waals surface area contributed by atoms with Gasteiger partial charge in [-0.25, -0.2) is 14.2 Å². The number of carboxylic acid groups (broad SMARTS) is 1. The summed E-state index contributed by atoms with van der Waals surface area (Å²) < 4.78 is 14.7. The Labute approximate surface area is 178 Å². The molecule has 1 aliphatic rings. The lowest BCUT2D eigenvalue weighted by molar-refractivity contribution is 0.188. The fourth-order valence-electron chi connectivity index (χ4n) is 3.66. The average molecular weight is 420 g/mol. The lowest BCUT2D eigenvalue weighted by Crippen LogP contribution is -2.45. The number of rotatable bonds is 7. The molecule has 3 aromatic rings. The van der Waals surface area contributed by atoms with E-state index in [1.165, 1.54) is 0 Å². The van der Waals surface area contributed by atoms with E-state index in [0.29, 0.717) is 5.69 Å². The third-order valence-electron chi connectivity index (χ3n) is 5.32. The fourth-order valence-corrected chi connectivity index (χ4v) is 3.66. The van der Waals surface area contributed by atoms with Gasteiger partial charge < -0.3 is 21.1 Å². The Morgan fingerprint density at radius 1 is 1.29 bits per heavy atom. The highest BCUT2D eigenvalue weighted by Crippen LogP contribution is 2.36. The van der Waals surface area contributed by atoms with Crippen molar-refractivity contribution in [2.75, 3.05) is 10.6 Å². The summed E-state index contributed by atoms with van der Waals surface area (Å²) in [4.78, 5) is 19.7. The molecule has 0 bridgehead atoms. The van der Waals surface area contributed by atoms with E-state index in [9.17, 15) is 14.4 Å². The van der Waals surface area contributed by atoms with Gasteiger partial charge in [0.1, 0.15) is 6.07 Å². The first-order valence-corrected chi connectivity index (χ1v) is 9.93. The van der Waals surface area contributed by atoms with Gasteiger partial charge in [-0.15, -0.1) is 0 Å². The number of nitriles is 1. The summed E-state index contributed by atoms with van der Waals surface area (Å²) in [6.45, 7) is 1.73. The largest absolute Gasteiger partial charge is 0.465 e. The van der Waals surface area contributed by atoms with E-state index < -0.39 is 18.0 Å². The highest BCUT2D eigenvalue weighted by Gasteiger charge is 2.36. The molecule has 0 radical (unpaired) electrons. The van der Waals surface area contributed by atoms with Crippen LogP contribution in [0.2, 0.25) is 0 Å². The van der Waals surface area contributed by atoms with E-state index in [-0.39, 0.29) is 29.2 Å². The molecule has 31 heavy (non-hydrogen) atoms. The van der Waals surface area contributed by atoms with Gasteiger partial charge in [-0.3, -0.25) is 4.98 Å². The number of hydrogen-bond donors (Lipinski definition) is 4. The number of nitrogens with one attached hydrogen (secondary N) is 3. The van der Waals surface area contributed by atoms with E-state index in [4.69, 9.17) is 5.11 Å². The molecule has 1 saturated carbocycles. The number of anilines is 3. The van der Waals surface area contributed by atoms with Crippen molar-refractivity contribution in [1.82, 2.24) is 15.3 Å². The zero-order valence-electron chi connectivity index (χ0n) is 16.8. The minimum atomic E-state index is -1.14. The SMILES string of the molecule is C[C@H](NC(=O)O)[C@H](Nc1nc(Nc2cccc3ncccc23)c(C#N)cc1F)C1CC1. The second-order valence-corrected chi connectivity index (χ2v) is 7.57. The molecule has 1 amide bonds. The molecule has 0 spiro atoms. The number of benzene rings is 1. The first kappa shape index (κ1) is 20.3. The van der Waals surface area contributed by atoms with Crippen LogP contribution in [0.3, 0.4) is 0 Å². The third kappa shape index (κ3) is 4.48. The highest BCUT2D eigenvalue weighted by atomic mass is 19.1. The summed E-state index contributed by atoms with van der Waals surface area (Å²) in [5.41, 5.74) is 1.52. The smallest absolute Gasteiger partial charge is 0.404 e. The van der Waals surface area contributed by atoms with Crippen molar-refractivity contribution in [2.24, 2.45) is 5.92 Å². The molecular formula is C22H21FN6O2. The van der Waals surface area contributed by atoms with Crippen molar-refractivity contribution >= 4 is 34.3 Å². The average Bonchev–Trinajstić information content (AvgIpc) is 3.58. The minimum absolute atomic E-state index is 0.0317. The van der Waals surface area contributed by atoms with Gasteiger partial charge in [0.15, 0.2) is 17.5 Å². The van der Waals surface area contributed by atoms with Crippen LogP contribution in [-0.4, -0.2) is 33.3 Å². The predicted molar refractivity (Wildman–Crippen MR) is 115 cm³/mol. The Morgan fingerprint density at radius 3 is 2.81 bits per heavy atom. The van der Waals surface area contributed by atoms with Gasteiger partial charge in [0, 0.05) is 23.3 Å². The molecule has 0 saturated heterocycles. The number of halogens is 1. The first-order valence-electron chi connectivity index (χ1n) is 9.93. The molecular weight excluding hydrogens is 399 g/mol. The molecule has 4 rings (SSSR count). The van der Waals surface area contributed by atoms with E-state index >= 15 is 0 Å². The van der Waals surface area contributed by atoms with Crippen LogP contribution in [0.15, 0.2) is 42.6 Å². The molecule has 2 atom stereocenters. The van der Waals surface area contributed by atoms with Crippen LogP contribution in [-0.2, 0) is 0 Å². The topological polar surface area (TPSA) is 123 Å². The van der Waals surface area contributed by atoms with Gasteiger partial charge in [-0.05, 0) is 56.0 Å². The van der Waals surface area contributed by atoms with E-state index in [0.717, 1.165) is 29.8 Å². The van der Waals surface area contributed by atoms with Crippen molar-refractivity contribution in [3.05, 3.63) is 54.0 Å². The molecule has 9 heteroatoms. The zero-order chi connectivity index (χ0) is 22.0.